The van der Waals surface area contributed by atoms with Crippen LogP contribution in [0.25, 0.3) is 0 Å². The Bertz CT molecular complexity index is 197. The number of carbonyl (C=O) groups excluding carboxylic acids is 1. The Kier molecular flexibility index (Phi) is 4.35. The van der Waals surface area contributed by atoms with Gasteiger partial charge in [0.1, 0.15) is 0 Å². The summed E-state index contributed by atoms with van der Waals surface area (Å²) < 4.78 is 0. The second kappa shape index (κ2) is 5.32. The Hall–Kier alpha value is -0.610. The number of nitrogens with one attached hydrogen (secondary N) is 1. The molecule has 0 aromatic heterocycles. The number of hydrogen-bond donors (Lipinski definition) is 2. The molecule has 1 saturated carbocycles. The standard InChI is InChI=1S/C10H20N2O2/c1-11-10(14)7-12(2)6-8-4-3-5-9(8)13/h8-9,13H,3-7H2,1-2H3,(H,11,14). The molecule has 2 N–H and O–H groups in total. The molecule has 14 heavy (non-hydrogen) atoms. The van der Waals surface area contributed by atoms with Gasteiger partial charge >= 0.3 is 0 Å². The van der Waals surface area contributed by atoms with E-state index >= 15 is 0 Å². The van der Waals surface area contributed by atoms with Crippen LogP contribution in [0.5, 0.6) is 0 Å². The molecular weight excluding hydrogens is 180 g/mol. The summed E-state index contributed by atoms with van der Waals surface area (Å²) in [6, 6.07) is 0. The fourth-order valence-electron chi connectivity index (χ4n) is 2.02. The van der Waals surface area contributed by atoms with Gasteiger partial charge < -0.3 is 10.4 Å². The lowest BCUT2D eigenvalue weighted by Gasteiger charge is -2.22. The maximum Gasteiger partial charge on any atom is 0.233 e. The molecule has 1 aliphatic rings. The van der Waals surface area contributed by atoms with Crippen LogP contribution in [0.15, 0.2) is 0 Å². The zero-order valence-electron chi connectivity index (χ0n) is 8.99. The van der Waals surface area contributed by atoms with Gasteiger partial charge in [-0.1, -0.05) is 6.42 Å². The van der Waals surface area contributed by atoms with Crippen molar-refractivity contribution in [3.05, 3.63) is 0 Å². The number of likely N-dealkylation sites (N-methyl/N-ethyl adjacent to an activating group) is 2. The van der Waals surface area contributed by atoms with Crippen LogP contribution in [0.2, 0.25) is 0 Å². The third-order valence-electron chi connectivity index (χ3n) is 2.86. The van der Waals surface area contributed by atoms with E-state index in [1.807, 2.05) is 11.9 Å². The highest BCUT2D eigenvalue weighted by atomic mass is 16.3. The maximum absolute atomic E-state index is 11.1. The largest absolute Gasteiger partial charge is 0.393 e. The van der Waals surface area contributed by atoms with Gasteiger partial charge in [0.15, 0.2) is 0 Å². The molecule has 0 aromatic carbocycles. The van der Waals surface area contributed by atoms with Crippen LogP contribution >= 0.6 is 0 Å². The van der Waals surface area contributed by atoms with Gasteiger partial charge in [-0.2, -0.15) is 0 Å². The average molecular weight is 200 g/mol. The number of nitrogens with zero attached hydrogens (tertiary/aromatic N) is 1. The molecule has 2 atom stereocenters. The van der Waals surface area contributed by atoms with Gasteiger partial charge in [0.05, 0.1) is 12.6 Å². The quantitative estimate of drug-likeness (QED) is 0.662. The molecule has 1 fully saturated rings. The molecule has 4 heteroatoms. The van der Waals surface area contributed by atoms with Crippen LogP contribution < -0.4 is 5.32 Å². The average Bonchev–Trinajstić information content (AvgIpc) is 2.51. The van der Waals surface area contributed by atoms with Crippen LogP contribution in [0.1, 0.15) is 19.3 Å². The van der Waals surface area contributed by atoms with Crippen LogP contribution in [-0.2, 0) is 4.79 Å². The highest BCUT2D eigenvalue weighted by Crippen LogP contribution is 2.25. The van der Waals surface area contributed by atoms with E-state index in [0.717, 1.165) is 25.8 Å². The minimum Gasteiger partial charge on any atom is -0.393 e. The minimum atomic E-state index is -0.165. The zero-order valence-corrected chi connectivity index (χ0v) is 8.99. The maximum atomic E-state index is 11.1. The fourth-order valence-corrected chi connectivity index (χ4v) is 2.02. The molecule has 0 spiro atoms. The van der Waals surface area contributed by atoms with Crippen molar-refractivity contribution in [1.82, 2.24) is 10.2 Å². The second-order valence-corrected chi connectivity index (χ2v) is 4.13. The molecule has 0 saturated heterocycles. The molecule has 4 nitrogen and oxygen atoms in total. The molecule has 1 amide bonds. The van der Waals surface area contributed by atoms with Crippen LogP contribution in [0.4, 0.5) is 0 Å². The number of rotatable bonds is 4. The number of amides is 1. The molecular formula is C10H20N2O2. The van der Waals surface area contributed by atoms with E-state index in [9.17, 15) is 9.90 Å². The van der Waals surface area contributed by atoms with E-state index in [1.165, 1.54) is 0 Å². The zero-order chi connectivity index (χ0) is 10.6. The Balaban J connectivity index is 2.25. The summed E-state index contributed by atoms with van der Waals surface area (Å²) in [5.41, 5.74) is 0. The van der Waals surface area contributed by atoms with Crippen LogP contribution in [0.3, 0.4) is 0 Å². The van der Waals surface area contributed by atoms with Crippen LogP contribution in [0, 0.1) is 5.92 Å². The van der Waals surface area contributed by atoms with Crippen molar-refractivity contribution in [2.45, 2.75) is 25.4 Å². The molecule has 0 aliphatic heterocycles. The van der Waals surface area contributed by atoms with Crippen molar-refractivity contribution in [2.75, 3.05) is 27.2 Å². The first-order valence-corrected chi connectivity index (χ1v) is 5.20. The molecule has 0 bridgehead atoms. The van der Waals surface area contributed by atoms with Crippen LogP contribution in [-0.4, -0.2) is 49.2 Å². The summed E-state index contributed by atoms with van der Waals surface area (Å²) in [5.74, 6) is 0.379. The van der Waals surface area contributed by atoms with Gasteiger partial charge in [-0.25, -0.2) is 0 Å². The summed E-state index contributed by atoms with van der Waals surface area (Å²) in [6.07, 6.45) is 2.94. The van der Waals surface area contributed by atoms with Crippen molar-refractivity contribution in [3.63, 3.8) is 0 Å². The summed E-state index contributed by atoms with van der Waals surface area (Å²) in [4.78, 5) is 13.0. The molecule has 82 valence electrons. The third-order valence-corrected chi connectivity index (χ3v) is 2.86. The highest BCUT2D eigenvalue weighted by molar-refractivity contribution is 5.77. The summed E-state index contributed by atoms with van der Waals surface area (Å²) in [6.45, 7) is 1.23. The van der Waals surface area contributed by atoms with Crippen molar-refractivity contribution >= 4 is 5.91 Å². The predicted molar refractivity (Wildman–Crippen MR) is 54.9 cm³/mol. The number of aliphatic hydroxyl groups excluding tert-OH is 1. The fraction of sp³-hybridized carbons (Fsp3) is 0.900. The molecule has 0 heterocycles. The Labute approximate surface area is 85.3 Å². The SMILES string of the molecule is CNC(=O)CN(C)CC1CCCC1O. The first-order chi connectivity index (χ1) is 6.63. The summed E-state index contributed by atoms with van der Waals surface area (Å²) in [5, 5.41) is 12.2. The smallest absolute Gasteiger partial charge is 0.233 e. The topological polar surface area (TPSA) is 52.6 Å². The van der Waals surface area contributed by atoms with Crippen molar-refractivity contribution in [1.29, 1.82) is 0 Å². The van der Waals surface area contributed by atoms with Crippen molar-refractivity contribution < 1.29 is 9.90 Å². The molecule has 0 radical (unpaired) electrons. The van der Waals surface area contributed by atoms with Gasteiger partial charge in [-0.15, -0.1) is 0 Å². The first kappa shape index (κ1) is 11.5. The van der Waals surface area contributed by atoms with E-state index < -0.39 is 0 Å². The van der Waals surface area contributed by atoms with Crippen molar-refractivity contribution in [2.24, 2.45) is 5.92 Å². The van der Waals surface area contributed by atoms with Gasteiger partial charge in [-0.05, 0) is 25.8 Å². The van der Waals surface area contributed by atoms with Gasteiger partial charge in [0.2, 0.25) is 5.91 Å². The first-order valence-electron chi connectivity index (χ1n) is 5.20. The van der Waals surface area contributed by atoms with Gasteiger partial charge in [0, 0.05) is 13.6 Å². The number of hydrogen-bond acceptors (Lipinski definition) is 3. The van der Waals surface area contributed by atoms with Crippen molar-refractivity contribution in [3.8, 4) is 0 Å². The molecule has 2 unspecified atom stereocenters. The highest BCUT2D eigenvalue weighted by Gasteiger charge is 2.26. The number of carbonyl (C=O) groups is 1. The minimum absolute atomic E-state index is 0.0278. The van der Waals surface area contributed by atoms with E-state index in [1.54, 1.807) is 7.05 Å². The third kappa shape index (κ3) is 3.27. The van der Waals surface area contributed by atoms with E-state index in [-0.39, 0.29) is 12.0 Å². The molecule has 0 aromatic rings. The monoisotopic (exact) mass is 200 g/mol. The lowest BCUT2D eigenvalue weighted by molar-refractivity contribution is -0.121. The lowest BCUT2D eigenvalue weighted by atomic mass is 10.1. The lowest BCUT2D eigenvalue weighted by Crippen LogP contribution is -2.37. The Morgan fingerprint density at radius 2 is 2.29 bits per heavy atom. The van der Waals surface area contributed by atoms with Gasteiger partial charge in [-0.3, -0.25) is 9.69 Å². The predicted octanol–water partition coefficient (Wildman–Crippen LogP) is -0.175. The second-order valence-electron chi connectivity index (χ2n) is 4.13. The number of aliphatic hydroxyl groups is 1. The Morgan fingerprint density at radius 1 is 1.57 bits per heavy atom. The normalized spacial score (nSPS) is 26.9. The molecule has 1 aliphatic carbocycles. The van der Waals surface area contributed by atoms with E-state index in [0.29, 0.717) is 12.5 Å². The Morgan fingerprint density at radius 3 is 2.79 bits per heavy atom. The van der Waals surface area contributed by atoms with Gasteiger partial charge in [0.25, 0.3) is 0 Å². The van der Waals surface area contributed by atoms with E-state index in [4.69, 9.17) is 0 Å². The summed E-state index contributed by atoms with van der Waals surface area (Å²) >= 11 is 0. The summed E-state index contributed by atoms with van der Waals surface area (Å²) in [7, 11) is 3.56. The molecule has 1 rings (SSSR count). The van der Waals surface area contributed by atoms with E-state index in [2.05, 4.69) is 5.32 Å².